The number of hydrogen-bond acceptors (Lipinski definition) is 3. The Morgan fingerprint density at radius 2 is 1.76 bits per heavy atom. The molecule has 3 N–H and O–H groups in total. The minimum Gasteiger partial charge on any atom is -0.494 e. The summed E-state index contributed by atoms with van der Waals surface area (Å²) in [5.74, 6) is 0.669. The predicted octanol–water partition coefficient (Wildman–Crippen LogP) is 3.19. The highest BCUT2D eigenvalue weighted by Gasteiger charge is 2.06. The van der Waals surface area contributed by atoms with Gasteiger partial charge in [0.2, 0.25) is 0 Å². The zero-order valence-corrected chi connectivity index (χ0v) is 12.1. The fraction of sp³-hybridized carbons (Fsp3) is 0.235. The number of carbonyl (C=O) groups is 1. The van der Waals surface area contributed by atoms with Crippen molar-refractivity contribution in [3.63, 3.8) is 0 Å². The summed E-state index contributed by atoms with van der Waals surface area (Å²) in [6, 6.07) is 14.6. The van der Waals surface area contributed by atoms with Crippen LogP contribution in [-0.2, 0) is 6.54 Å². The van der Waals surface area contributed by atoms with E-state index in [1.165, 1.54) is 0 Å². The van der Waals surface area contributed by atoms with E-state index >= 15 is 0 Å². The minimum atomic E-state index is -0.138. The van der Waals surface area contributed by atoms with Crippen LogP contribution in [0.5, 0.6) is 5.75 Å². The maximum absolute atomic E-state index is 12.1. The second-order valence-corrected chi connectivity index (χ2v) is 4.73. The lowest BCUT2D eigenvalue weighted by Crippen LogP contribution is -2.12. The third-order valence-corrected chi connectivity index (χ3v) is 3.04. The first-order chi connectivity index (χ1) is 10.2. The number of rotatable bonds is 6. The summed E-state index contributed by atoms with van der Waals surface area (Å²) >= 11 is 0. The van der Waals surface area contributed by atoms with Gasteiger partial charge in [0.1, 0.15) is 5.75 Å². The van der Waals surface area contributed by atoms with Gasteiger partial charge >= 0.3 is 0 Å². The van der Waals surface area contributed by atoms with Crippen LogP contribution in [0.1, 0.15) is 29.3 Å². The molecular weight excluding hydrogens is 264 g/mol. The van der Waals surface area contributed by atoms with Gasteiger partial charge in [0.25, 0.3) is 5.91 Å². The Labute approximate surface area is 124 Å². The monoisotopic (exact) mass is 284 g/mol. The lowest BCUT2D eigenvalue weighted by molar-refractivity contribution is 0.102. The summed E-state index contributed by atoms with van der Waals surface area (Å²) in [6.07, 6.45) is 0.970. The van der Waals surface area contributed by atoms with Crippen LogP contribution in [0, 0.1) is 0 Å². The average molecular weight is 284 g/mol. The molecule has 4 nitrogen and oxygen atoms in total. The van der Waals surface area contributed by atoms with E-state index < -0.39 is 0 Å². The van der Waals surface area contributed by atoms with Gasteiger partial charge in [-0.1, -0.05) is 19.1 Å². The number of nitrogens with one attached hydrogen (secondary N) is 1. The highest BCUT2D eigenvalue weighted by Crippen LogP contribution is 2.17. The van der Waals surface area contributed by atoms with Gasteiger partial charge < -0.3 is 15.8 Å². The van der Waals surface area contributed by atoms with Crippen LogP contribution in [-0.4, -0.2) is 12.5 Å². The van der Waals surface area contributed by atoms with Crippen LogP contribution in [0.15, 0.2) is 48.5 Å². The van der Waals surface area contributed by atoms with Crippen LogP contribution in [0.4, 0.5) is 5.69 Å². The lowest BCUT2D eigenvalue weighted by atomic mass is 10.1. The molecule has 0 aliphatic carbocycles. The minimum absolute atomic E-state index is 0.138. The molecule has 110 valence electrons. The van der Waals surface area contributed by atoms with Gasteiger partial charge in [0.15, 0.2) is 0 Å². The fourth-order valence-corrected chi connectivity index (χ4v) is 1.85. The number of ether oxygens (including phenoxy) is 1. The third kappa shape index (κ3) is 4.33. The standard InChI is InChI=1S/C17H20N2O2/c1-2-11-21-16-9-7-15(8-10-16)19-17(20)14-5-3-13(12-18)4-6-14/h3-10H,2,11-12,18H2,1H3,(H,19,20). The number of anilines is 1. The van der Waals surface area contributed by atoms with Gasteiger partial charge in [-0.2, -0.15) is 0 Å². The molecular formula is C17H20N2O2. The zero-order valence-electron chi connectivity index (χ0n) is 12.1. The molecule has 0 radical (unpaired) electrons. The highest BCUT2D eigenvalue weighted by molar-refractivity contribution is 6.04. The normalized spacial score (nSPS) is 10.2. The van der Waals surface area contributed by atoms with E-state index in [0.29, 0.717) is 18.7 Å². The number of carbonyl (C=O) groups excluding carboxylic acids is 1. The van der Waals surface area contributed by atoms with Crippen LogP contribution in [0.3, 0.4) is 0 Å². The maximum atomic E-state index is 12.1. The summed E-state index contributed by atoms with van der Waals surface area (Å²) in [7, 11) is 0. The van der Waals surface area contributed by atoms with E-state index in [9.17, 15) is 4.79 Å². The van der Waals surface area contributed by atoms with Crippen molar-refractivity contribution in [2.24, 2.45) is 5.73 Å². The van der Waals surface area contributed by atoms with Crippen molar-refractivity contribution in [1.29, 1.82) is 0 Å². The Bertz CT molecular complexity index is 577. The topological polar surface area (TPSA) is 64.3 Å². The maximum Gasteiger partial charge on any atom is 0.255 e. The van der Waals surface area contributed by atoms with E-state index in [0.717, 1.165) is 23.4 Å². The quantitative estimate of drug-likeness (QED) is 0.856. The molecule has 1 amide bonds. The molecule has 0 aliphatic heterocycles. The molecule has 0 saturated carbocycles. The van der Waals surface area contributed by atoms with Gasteiger partial charge in [-0.25, -0.2) is 0 Å². The van der Waals surface area contributed by atoms with Crippen LogP contribution in [0.2, 0.25) is 0 Å². The predicted molar refractivity (Wildman–Crippen MR) is 84.5 cm³/mol. The van der Waals surface area contributed by atoms with E-state index in [1.807, 2.05) is 36.4 Å². The number of amides is 1. The number of hydrogen-bond donors (Lipinski definition) is 2. The second-order valence-electron chi connectivity index (χ2n) is 4.73. The van der Waals surface area contributed by atoms with Crippen molar-refractivity contribution in [3.05, 3.63) is 59.7 Å². The fourth-order valence-electron chi connectivity index (χ4n) is 1.85. The summed E-state index contributed by atoms with van der Waals surface area (Å²) in [5.41, 5.74) is 7.89. The van der Waals surface area contributed by atoms with E-state index in [4.69, 9.17) is 10.5 Å². The van der Waals surface area contributed by atoms with Gasteiger partial charge in [0, 0.05) is 17.8 Å². The van der Waals surface area contributed by atoms with Crippen LogP contribution >= 0.6 is 0 Å². The molecule has 2 rings (SSSR count). The third-order valence-electron chi connectivity index (χ3n) is 3.04. The molecule has 0 heterocycles. The smallest absolute Gasteiger partial charge is 0.255 e. The first kappa shape index (κ1) is 15.1. The highest BCUT2D eigenvalue weighted by atomic mass is 16.5. The molecule has 0 saturated heterocycles. The van der Waals surface area contributed by atoms with Crippen LogP contribution < -0.4 is 15.8 Å². The van der Waals surface area contributed by atoms with Gasteiger partial charge in [-0.3, -0.25) is 4.79 Å². The first-order valence-corrected chi connectivity index (χ1v) is 7.06. The lowest BCUT2D eigenvalue weighted by Gasteiger charge is -2.08. The number of benzene rings is 2. The average Bonchev–Trinajstić information content (AvgIpc) is 2.54. The van der Waals surface area contributed by atoms with Crippen molar-refractivity contribution in [2.45, 2.75) is 19.9 Å². The molecule has 0 bridgehead atoms. The Balaban J connectivity index is 1.98. The Kier molecular flexibility index (Phi) is 5.35. The molecule has 21 heavy (non-hydrogen) atoms. The molecule has 0 spiro atoms. The Hall–Kier alpha value is -2.33. The van der Waals surface area contributed by atoms with Gasteiger partial charge in [-0.05, 0) is 48.4 Å². The van der Waals surface area contributed by atoms with Crippen molar-refractivity contribution < 1.29 is 9.53 Å². The molecule has 0 atom stereocenters. The molecule has 0 fully saturated rings. The zero-order chi connectivity index (χ0) is 15.1. The van der Waals surface area contributed by atoms with Crippen molar-refractivity contribution in [2.75, 3.05) is 11.9 Å². The summed E-state index contributed by atoms with van der Waals surface area (Å²) in [5, 5.41) is 2.85. The molecule has 0 unspecified atom stereocenters. The molecule has 0 aliphatic rings. The SMILES string of the molecule is CCCOc1ccc(NC(=O)c2ccc(CN)cc2)cc1. The Morgan fingerprint density at radius 1 is 1.10 bits per heavy atom. The Morgan fingerprint density at radius 3 is 2.33 bits per heavy atom. The largest absolute Gasteiger partial charge is 0.494 e. The first-order valence-electron chi connectivity index (χ1n) is 7.06. The molecule has 2 aromatic carbocycles. The van der Waals surface area contributed by atoms with Crippen molar-refractivity contribution in [1.82, 2.24) is 0 Å². The molecule has 0 aromatic heterocycles. The molecule has 2 aromatic rings. The summed E-state index contributed by atoms with van der Waals surface area (Å²) in [4.78, 5) is 12.1. The van der Waals surface area contributed by atoms with E-state index in [1.54, 1.807) is 12.1 Å². The summed E-state index contributed by atoms with van der Waals surface area (Å²) in [6.45, 7) is 3.23. The van der Waals surface area contributed by atoms with Gasteiger partial charge in [0.05, 0.1) is 6.61 Å². The van der Waals surface area contributed by atoms with Crippen molar-refractivity contribution in [3.8, 4) is 5.75 Å². The molecule has 4 heteroatoms. The van der Waals surface area contributed by atoms with Crippen LogP contribution in [0.25, 0.3) is 0 Å². The van der Waals surface area contributed by atoms with E-state index in [2.05, 4.69) is 12.2 Å². The second kappa shape index (κ2) is 7.45. The van der Waals surface area contributed by atoms with Gasteiger partial charge in [-0.15, -0.1) is 0 Å². The summed E-state index contributed by atoms with van der Waals surface area (Å²) < 4.78 is 5.50. The number of nitrogens with two attached hydrogens (primary N) is 1. The van der Waals surface area contributed by atoms with Crippen molar-refractivity contribution >= 4 is 11.6 Å². The van der Waals surface area contributed by atoms with E-state index in [-0.39, 0.29) is 5.91 Å².